The quantitative estimate of drug-likeness (QED) is 0.796. The molecule has 0 saturated carbocycles. The first-order chi connectivity index (χ1) is 7.95. The van der Waals surface area contributed by atoms with Crippen LogP contribution in [0.5, 0.6) is 0 Å². The van der Waals surface area contributed by atoms with Crippen LogP contribution in [0.3, 0.4) is 0 Å². The number of hydrogen-bond donors (Lipinski definition) is 1. The lowest BCUT2D eigenvalue weighted by Gasteiger charge is -2.24. The molecule has 0 bridgehead atoms. The van der Waals surface area contributed by atoms with E-state index in [1.807, 2.05) is 20.8 Å². The van der Waals surface area contributed by atoms with Crippen LogP contribution in [0.2, 0.25) is 0 Å². The molecule has 0 aliphatic rings. The zero-order valence-electron chi connectivity index (χ0n) is 10.1. The third-order valence-corrected chi connectivity index (χ3v) is 2.34. The number of nitrogens with zero attached hydrogens (tertiary/aromatic N) is 4. The van der Waals surface area contributed by atoms with Gasteiger partial charge in [-0.15, -0.1) is 5.10 Å². The Morgan fingerprint density at radius 3 is 2.59 bits per heavy atom. The Morgan fingerprint density at radius 1 is 1.53 bits per heavy atom. The minimum Gasteiger partial charge on any atom is -0.476 e. The molecular formula is C10H16N4O3. The summed E-state index contributed by atoms with van der Waals surface area (Å²) in [5, 5.41) is 15.7. The van der Waals surface area contributed by atoms with Crippen molar-refractivity contribution in [2.24, 2.45) is 0 Å². The topological polar surface area (TPSA) is 88.3 Å². The van der Waals surface area contributed by atoms with Gasteiger partial charge in [-0.05, 0) is 20.8 Å². The third-order valence-electron chi connectivity index (χ3n) is 2.34. The van der Waals surface area contributed by atoms with E-state index in [-0.39, 0.29) is 24.2 Å². The second-order valence-electron chi connectivity index (χ2n) is 3.88. The van der Waals surface area contributed by atoms with E-state index in [1.54, 1.807) is 4.90 Å². The maximum atomic E-state index is 11.9. The van der Waals surface area contributed by atoms with Gasteiger partial charge in [0.1, 0.15) is 6.54 Å². The molecule has 7 nitrogen and oxygen atoms in total. The first-order valence-corrected chi connectivity index (χ1v) is 5.38. The third kappa shape index (κ3) is 3.27. The van der Waals surface area contributed by atoms with Gasteiger partial charge in [0.05, 0.1) is 6.20 Å². The number of aromatic nitrogens is 3. The van der Waals surface area contributed by atoms with E-state index in [9.17, 15) is 9.59 Å². The summed E-state index contributed by atoms with van der Waals surface area (Å²) in [6, 6.07) is 0.106. The lowest BCUT2D eigenvalue weighted by atomic mass is 10.3. The largest absolute Gasteiger partial charge is 0.476 e. The van der Waals surface area contributed by atoms with Crippen LogP contribution in [0.15, 0.2) is 6.20 Å². The predicted octanol–water partition coefficient (Wildman–Crippen LogP) is 0.233. The van der Waals surface area contributed by atoms with E-state index in [4.69, 9.17) is 5.11 Å². The normalized spacial score (nSPS) is 10.6. The summed E-state index contributed by atoms with van der Waals surface area (Å²) < 4.78 is 1.23. The van der Waals surface area contributed by atoms with Crippen molar-refractivity contribution >= 4 is 11.9 Å². The van der Waals surface area contributed by atoms with Crippen molar-refractivity contribution in [1.82, 2.24) is 19.9 Å². The molecule has 1 amide bonds. The number of carboxylic acid groups (broad SMARTS) is 1. The summed E-state index contributed by atoms with van der Waals surface area (Å²) in [7, 11) is 0. The lowest BCUT2D eigenvalue weighted by molar-refractivity contribution is -0.133. The fraction of sp³-hybridized carbons (Fsp3) is 0.600. The molecule has 0 radical (unpaired) electrons. The number of carbonyl (C=O) groups is 2. The molecule has 1 heterocycles. The SMILES string of the molecule is CCN(C(=O)Cn1cc(C(=O)O)nn1)C(C)C. The van der Waals surface area contributed by atoms with Gasteiger partial charge in [0.2, 0.25) is 5.91 Å². The van der Waals surface area contributed by atoms with Crippen molar-refractivity contribution in [1.29, 1.82) is 0 Å². The summed E-state index contributed by atoms with van der Waals surface area (Å²) in [6.07, 6.45) is 1.24. The Morgan fingerprint density at radius 2 is 2.18 bits per heavy atom. The Labute approximate surface area is 99.0 Å². The Balaban J connectivity index is 2.70. The van der Waals surface area contributed by atoms with Crippen molar-refractivity contribution in [3.05, 3.63) is 11.9 Å². The monoisotopic (exact) mass is 240 g/mol. The van der Waals surface area contributed by atoms with E-state index >= 15 is 0 Å². The number of likely N-dealkylation sites (N-methyl/N-ethyl adjacent to an activating group) is 1. The van der Waals surface area contributed by atoms with Gasteiger partial charge in [0.25, 0.3) is 0 Å². The lowest BCUT2D eigenvalue weighted by Crippen LogP contribution is -2.38. The molecule has 7 heteroatoms. The molecule has 0 spiro atoms. The van der Waals surface area contributed by atoms with Crippen molar-refractivity contribution in [3.63, 3.8) is 0 Å². The van der Waals surface area contributed by atoms with Gasteiger partial charge in [-0.25, -0.2) is 9.48 Å². The van der Waals surface area contributed by atoms with Gasteiger partial charge >= 0.3 is 5.97 Å². The number of hydrogen-bond acceptors (Lipinski definition) is 4. The minimum atomic E-state index is -1.15. The van der Waals surface area contributed by atoms with E-state index < -0.39 is 5.97 Å². The molecule has 1 N–H and O–H groups in total. The van der Waals surface area contributed by atoms with Crippen LogP contribution in [0.1, 0.15) is 31.3 Å². The zero-order chi connectivity index (χ0) is 13.0. The van der Waals surface area contributed by atoms with E-state index in [1.165, 1.54) is 10.9 Å². The van der Waals surface area contributed by atoms with Gasteiger partial charge in [-0.3, -0.25) is 4.79 Å². The Hall–Kier alpha value is -1.92. The van der Waals surface area contributed by atoms with Gasteiger partial charge in [-0.1, -0.05) is 5.21 Å². The number of carbonyl (C=O) groups excluding carboxylic acids is 1. The van der Waals surface area contributed by atoms with Crippen molar-refractivity contribution in [3.8, 4) is 0 Å². The first-order valence-electron chi connectivity index (χ1n) is 5.38. The molecule has 0 atom stereocenters. The van der Waals surface area contributed by atoms with Crippen LogP contribution in [-0.2, 0) is 11.3 Å². The van der Waals surface area contributed by atoms with Crippen LogP contribution >= 0.6 is 0 Å². The van der Waals surface area contributed by atoms with E-state index in [2.05, 4.69) is 10.3 Å². The molecule has 1 rings (SSSR count). The fourth-order valence-electron chi connectivity index (χ4n) is 1.53. The standard InChI is InChI=1S/C10H16N4O3/c1-4-14(7(2)3)9(15)6-13-5-8(10(16)17)11-12-13/h5,7H,4,6H2,1-3H3,(H,16,17). The van der Waals surface area contributed by atoms with E-state index in [0.717, 1.165) is 0 Å². The molecule has 0 fully saturated rings. The maximum Gasteiger partial charge on any atom is 0.358 e. The highest BCUT2D eigenvalue weighted by Gasteiger charge is 2.17. The molecular weight excluding hydrogens is 224 g/mol. The van der Waals surface area contributed by atoms with E-state index in [0.29, 0.717) is 6.54 Å². The average molecular weight is 240 g/mol. The highest BCUT2D eigenvalue weighted by Crippen LogP contribution is 2.01. The molecule has 0 aliphatic heterocycles. The fourth-order valence-corrected chi connectivity index (χ4v) is 1.53. The molecule has 94 valence electrons. The average Bonchev–Trinajstić information content (AvgIpc) is 2.66. The highest BCUT2D eigenvalue weighted by molar-refractivity contribution is 5.84. The van der Waals surface area contributed by atoms with Crippen LogP contribution in [0.4, 0.5) is 0 Å². The van der Waals surface area contributed by atoms with Crippen LogP contribution < -0.4 is 0 Å². The van der Waals surface area contributed by atoms with Crippen LogP contribution in [-0.4, -0.2) is 49.5 Å². The molecule has 1 aromatic rings. The second-order valence-corrected chi connectivity index (χ2v) is 3.88. The Bertz CT molecular complexity index is 413. The smallest absolute Gasteiger partial charge is 0.358 e. The van der Waals surface area contributed by atoms with Crippen molar-refractivity contribution < 1.29 is 14.7 Å². The number of aromatic carboxylic acids is 1. The molecule has 0 saturated heterocycles. The Kier molecular flexibility index (Phi) is 4.19. The number of rotatable bonds is 5. The van der Waals surface area contributed by atoms with Gasteiger partial charge < -0.3 is 10.0 Å². The number of carboxylic acids is 1. The van der Waals surface area contributed by atoms with Gasteiger partial charge in [0, 0.05) is 12.6 Å². The summed E-state index contributed by atoms with van der Waals surface area (Å²) in [5.74, 6) is -1.26. The second kappa shape index (κ2) is 5.42. The van der Waals surface area contributed by atoms with Crippen molar-refractivity contribution in [2.45, 2.75) is 33.4 Å². The summed E-state index contributed by atoms with van der Waals surface area (Å²) >= 11 is 0. The van der Waals surface area contributed by atoms with Crippen LogP contribution in [0, 0.1) is 0 Å². The summed E-state index contributed by atoms with van der Waals surface area (Å²) in [6.45, 7) is 6.35. The zero-order valence-corrected chi connectivity index (χ0v) is 10.1. The molecule has 0 aliphatic carbocycles. The van der Waals surface area contributed by atoms with Crippen LogP contribution in [0.25, 0.3) is 0 Å². The van der Waals surface area contributed by atoms with Gasteiger partial charge in [0.15, 0.2) is 5.69 Å². The summed E-state index contributed by atoms with van der Waals surface area (Å²) in [4.78, 5) is 24.1. The number of amides is 1. The van der Waals surface area contributed by atoms with Gasteiger partial charge in [-0.2, -0.15) is 0 Å². The molecule has 1 aromatic heterocycles. The minimum absolute atomic E-state index is 0.00625. The summed E-state index contributed by atoms with van der Waals surface area (Å²) in [5.41, 5.74) is -0.162. The molecule has 0 aromatic carbocycles. The van der Waals surface area contributed by atoms with Crippen molar-refractivity contribution in [2.75, 3.05) is 6.54 Å². The highest BCUT2D eigenvalue weighted by atomic mass is 16.4. The maximum absolute atomic E-state index is 11.9. The molecule has 17 heavy (non-hydrogen) atoms. The first kappa shape index (κ1) is 13.1. The molecule has 0 unspecified atom stereocenters. The predicted molar refractivity (Wildman–Crippen MR) is 59.5 cm³/mol.